The van der Waals surface area contributed by atoms with Crippen LogP contribution in [-0.2, 0) is 14.3 Å². The van der Waals surface area contributed by atoms with Crippen LogP contribution in [0.2, 0.25) is 0 Å². The van der Waals surface area contributed by atoms with Gasteiger partial charge in [0.15, 0.2) is 5.79 Å². The highest BCUT2D eigenvalue weighted by Crippen LogP contribution is 2.39. The van der Waals surface area contributed by atoms with Gasteiger partial charge in [-0.05, 0) is 12.3 Å². The highest BCUT2D eigenvalue weighted by atomic mass is 16.6. The molecule has 5 heteroatoms. The second-order valence-corrected chi connectivity index (χ2v) is 5.11. The van der Waals surface area contributed by atoms with Crippen molar-refractivity contribution in [3.05, 3.63) is 0 Å². The lowest BCUT2D eigenvalue weighted by atomic mass is 9.79. The highest BCUT2D eigenvalue weighted by molar-refractivity contribution is 5.67. The molecule has 1 heterocycles. The predicted octanol–water partition coefficient (Wildman–Crippen LogP) is 1.05. The average Bonchev–Trinajstić information content (AvgIpc) is 2.22. The summed E-state index contributed by atoms with van der Waals surface area (Å²) in [6, 6.07) is 0. The van der Waals surface area contributed by atoms with E-state index >= 15 is 0 Å². The number of hydrogen-bond donors (Lipinski definition) is 2. The zero-order valence-corrected chi connectivity index (χ0v) is 10.4. The van der Waals surface area contributed by atoms with Gasteiger partial charge in [-0.15, -0.1) is 0 Å². The van der Waals surface area contributed by atoms with Gasteiger partial charge in [-0.3, -0.25) is 4.79 Å². The minimum atomic E-state index is -1.67. The van der Waals surface area contributed by atoms with Crippen LogP contribution in [0.15, 0.2) is 0 Å². The number of carbonyl (C=O) groups excluding carboxylic acids is 1. The predicted molar refractivity (Wildman–Crippen MR) is 60.2 cm³/mol. The molecule has 17 heavy (non-hydrogen) atoms. The van der Waals surface area contributed by atoms with Gasteiger partial charge in [0.2, 0.25) is 0 Å². The summed E-state index contributed by atoms with van der Waals surface area (Å²) in [4.78, 5) is 21.5. The van der Waals surface area contributed by atoms with E-state index < -0.39 is 24.3 Å². The van der Waals surface area contributed by atoms with Crippen LogP contribution in [0, 0.1) is 17.8 Å². The maximum atomic E-state index is 10.8. The van der Waals surface area contributed by atoms with E-state index in [-0.39, 0.29) is 17.8 Å². The maximum absolute atomic E-state index is 10.8. The van der Waals surface area contributed by atoms with Crippen LogP contribution in [0.25, 0.3) is 0 Å². The molecule has 0 aliphatic carbocycles. The van der Waals surface area contributed by atoms with Gasteiger partial charge < -0.3 is 19.7 Å². The Morgan fingerprint density at radius 3 is 2.65 bits per heavy atom. The van der Waals surface area contributed by atoms with Gasteiger partial charge in [-0.1, -0.05) is 20.8 Å². The molecule has 0 bridgehead atoms. The third-order valence-corrected chi connectivity index (χ3v) is 3.53. The van der Waals surface area contributed by atoms with Crippen molar-refractivity contribution in [2.24, 2.45) is 17.8 Å². The lowest BCUT2D eigenvalue weighted by Gasteiger charge is -2.45. The summed E-state index contributed by atoms with van der Waals surface area (Å²) >= 11 is 0. The Morgan fingerprint density at radius 1 is 1.59 bits per heavy atom. The van der Waals surface area contributed by atoms with Crippen molar-refractivity contribution in [1.29, 1.82) is 0 Å². The second kappa shape index (κ2) is 5.14. The molecule has 5 atom stereocenters. The number of carboxylic acid groups (broad SMARTS) is 1. The largest absolute Gasteiger partial charge is 0.481 e. The molecule has 0 aromatic carbocycles. The van der Waals surface area contributed by atoms with E-state index in [0.29, 0.717) is 6.42 Å². The average molecular weight is 244 g/mol. The van der Waals surface area contributed by atoms with E-state index in [9.17, 15) is 14.7 Å². The minimum Gasteiger partial charge on any atom is -0.481 e. The normalized spacial score (nSPS) is 39.6. The Hall–Kier alpha value is -0.940. The SMILES string of the molecule is C[C@@H]1C[C@H](C)[C@@H]([C@@H](C)C=O)O[C@@]1(O)CC(=O)O. The molecule has 0 aromatic rings. The summed E-state index contributed by atoms with van der Waals surface area (Å²) in [5.41, 5.74) is 0. The van der Waals surface area contributed by atoms with E-state index in [1.54, 1.807) is 13.8 Å². The summed E-state index contributed by atoms with van der Waals surface area (Å²) in [7, 11) is 0. The Kier molecular flexibility index (Phi) is 4.27. The lowest BCUT2D eigenvalue weighted by Crippen LogP contribution is -2.53. The standard InChI is InChI=1S/C12H20O5/c1-7-4-9(3)12(16,5-10(14)15)17-11(7)8(2)6-13/h6-9,11,16H,4-5H2,1-3H3,(H,14,15)/t7-,8-,9+,11-,12-/m0/s1. The molecule has 98 valence electrons. The summed E-state index contributed by atoms with van der Waals surface area (Å²) in [5.74, 6) is -3.26. The molecule has 1 rings (SSSR count). The Morgan fingerprint density at radius 2 is 2.18 bits per heavy atom. The zero-order valence-electron chi connectivity index (χ0n) is 10.4. The van der Waals surface area contributed by atoms with Crippen LogP contribution in [0.3, 0.4) is 0 Å². The van der Waals surface area contributed by atoms with Crippen molar-refractivity contribution in [1.82, 2.24) is 0 Å². The molecule has 1 fully saturated rings. The molecule has 0 amide bonds. The minimum absolute atomic E-state index is 0.124. The van der Waals surface area contributed by atoms with Gasteiger partial charge >= 0.3 is 5.97 Å². The first-order chi connectivity index (χ1) is 7.80. The van der Waals surface area contributed by atoms with Crippen molar-refractivity contribution in [3.63, 3.8) is 0 Å². The number of aliphatic hydroxyl groups is 1. The molecular weight excluding hydrogens is 224 g/mol. The fraction of sp³-hybridized carbons (Fsp3) is 0.833. The molecule has 5 nitrogen and oxygen atoms in total. The third-order valence-electron chi connectivity index (χ3n) is 3.53. The number of aliphatic carboxylic acids is 1. The van der Waals surface area contributed by atoms with Crippen molar-refractivity contribution >= 4 is 12.3 Å². The highest BCUT2D eigenvalue weighted by Gasteiger charge is 2.47. The molecule has 0 saturated carbocycles. The maximum Gasteiger partial charge on any atom is 0.308 e. The van der Waals surface area contributed by atoms with Gasteiger partial charge in [-0.2, -0.15) is 0 Å². The molecular formula is C12H20O5. The first kappa shape index (κ1) is 14.1. The van der Waals surface area contributed by atoms with Crippen LogP contribution < -0.4 is 0 Å². The van der Waals surface area contributed by atoms with E-state index in [1.807, 2.05) is 6.92 Å². The van der Waals surface area contributed by atoms with Gasteiger partial charge in [0.1, 0.15) is 6.29 Å². The number of aldehydes is 1. The monoisotopic (exact) mass is 244 g/mol. The third kappa shape index (κ3) is 3.04. The summed E-state index contributed by atoms with van der Waals surface area (Å²) in [6.07, 6.45) is 0.543. The van der Waals surface area contributed by atoms with Gasteiger partial charge in [-0.25, -0.2) is 0 Å². The topological polar surface area (TPSA) is 83.8 Å². The van der Waals surface area contributed by atoms with E-state index in [4.69, 9.17) is 9.84 Å². The van der Waals surface area contributed by atoms with Crippen LogP contribution in [0.5, 0.6) is 0 Å². The van der Waals surface area contributed by atoms with Crippen molar-refractivity contribution in [2.45, 2.75) is 45.5 Å². The van der Waals surface area contributed by atoms with Gasteiger partial charge in [0, 0.05) is 11.8 Å². The Labute approximate surface area is 101 Å². The fourth-order valence-corrected chi connectivity index (χ4v) is 2.48. The molecule has 0 aromatic heterocycles. The number of carbonyl (C=O) groups is 2. The second-order valence-electron chi connectivity index (χ2n) is 5.11. The smallest absolute Gasteiger partial charge is 0.308 e. The first-order valence-electron chi connectivity index (χ1n) is 5.87. The molecule has 0 unspecified atom stereocenters. The van der Waals surface area contributed by atoms with Crippen LogP contribution in [-0.4, -0.2) is 34.4 Å². The van der Waals surface area contributed by atoms with Crippen LogP contribution >= 0.6 is 0 Å². The molecule has 0 spiro atoms. The van der Waals surface area contributed by atoms with E-state index in [0.717, 1.165) is 6.29 Å². The van der Waals surface area contributed by atoms with Gasteiger partial charge in [0.25, 0.3) is 0 Å². The number of ether oxygens (including phenoxy) is 1. The number of rotatable bonds is 4. The Balaban J connectivity index is 2.86. The van der Waals surface area contributed by atoms with Crippen molar-refractivity contribution in [2.75, 3.05) is 0 Å². The van der Waals surface area contributed by atoms with Gasteiger partial charge in [0.05, 0.1) is 12.5 Å². The first-order valence-corrected chi connectivity index (χ1v) is 5.87. The fourth-order valence-electron chi connectivity index (χ4n) is 2.48. The van der Waals surface area contributed by atoms with Crippen molar-refractivity contribution in [3.8, 4) is 0 Å². The lowest BCUT2D eigenvalue weighted by molar-refractivity contribution is -0.298. The van der Waals surface area contributed by atoms with E-state index in [1.165, 1.54) is 0 Å². The van der Waals surface area contributed by atoms with E-state index in [2.05, 4.69) is 0 Å². The molecule has 1 aliphatic rings. The quantitative estimate of drug-likeness (QED) is 0.722. The Bertz CT molecular complexity index is 303. The summed E-state index contributed by atoms with van der Waals surface area (Å²) in [5, 5.41) is 19.0. The summed E-state index contributed by atoms with van der Waals surface area (Å²) in [6.45, 7) is 5.42. The molecule has 1 saturated heterocycles. The summed E-state index contributed by atoms with van der Waals surface area (Å²) < 4.78 is 5.51. The van der Waals surface area contributed by atoms with Crippen LogP contribution in [0.1, 0.15) is 33.6 Å². The zero-order chi connectivity index (χ0) is 13.2. The van der Waals surface area contributed by atoms with Crippen molar-refractivity contribution < 1.29 is 24.5 Å². The number of hydrogen-bond acceptors (Lipinski definition) is 4. The number of carboxylic acids is 1. The molecule has 0 radical (unpaired) electrons. The van der Waals surface area contributed by atoms with Crippen LogP contribution in [0.4, 0.5) is 0 Å². The molecule has 2 N–H and O–H groups in total. The molecule has 1 aliphatic heterocycles.